The number of aryl methyl sites for hydroxylation is 2. The van der Waals surface area contributed by atoms with Crippen molar-refractivity contribution < 1.29 is 4.74 Å². The predicted octanol–water partition coefficient (Wildman–Crippen LogP) is 3.61. The molecule has 0 unspecified atom stereocenters. The summed E-state index contributed by atoms with van der Waals surface area (Å²) in [5.74, 6) is 1.000. The number of aromatic nitrogens is 2. The minimum atomic E-state index is 0.839. The van der Waals surface area contributed by atoms with Gasteiger partial charge in [-0.2, -0.15) is 0 Å². The summed E-state index contributed by atoms with van der Waals surface area (Å²) in [5.41, 5.74) is 1.07. The van der Waals surface area contributed by atoms with Gasteiger partial charge < -0.3 is 14.6 Å². The minimum absolute atomic E-state index is 0.839. The number of rotatable bonds is 11. The molecule has 0 saturated heterocycles. The van der Waals surface area contributed by atoms with Gasteiger partial charge in [0.25, 0.3) is 0 Å². The van der Waals surface area contributed by atoms with Gasteiger partial charge in [0.2, 0.25) is 5.95 Å². The van der Waals surface area contributed by atoms with E-state index in [1.54, 1.807) is 0 Å². The summed E-state index contributed by atoms with van der Waals surface area (Å²) < 4.78 is 7.79. The van der Waals surface area contributed by atoms with E-state index in [1.807, 2.05) is 6.92 Å². The summed E-state index contributed by atoms with van der Waals surface area (Å²) >= 11 is 0. The van der Waals surface area contributed by atoms with Crippen molar-refractivity contribution in [2.24, 2.45) is 0 Å². The first-order chi connectivity index (χ1) is 9.27. The molecule has 0 aromatic carbocycles. The van der Waals surface area contributed by atoms with Crippen molar-refractivity contribution >= 4 is 5.95 Å². The van der Waals surface area contributed by atoms with Crippen LogP contribution >= 0.6 is 0 Å². The van der Waals surface area contributed by atoms with E-state index in [0.29, 0.717) is 0 Å². The molecule has 1 heterocycles. The maximum atomic E-state index is 5.59. The van der Waals surface area contributed by atoms with Crippen LogP contribution in [0.15, 0.2) is 6.20 Å². The summed E-state index contributed by atoms with van der Waals surface area (Å²) in [4.78, 5) is 4.52. The lowest BCUT2D eigenvalue weighted by atomic mass is 10.3. The van der Waals surface area contributed by atoms with E-state index in [2.05, 4.69) is 34.9 Å². The molecule has 0 aliphatic carbocycles. The Morgan fingerprint density at radius 3 is 2.63 bits per heavy atom. The van der Waals surface area contributed by atoms with E-state index >= 15 is 0 Å². The first kappa shape index (κ1) is 16.0. The molecule has 19 heavy (non-hydrogen) atoms. The summed E-state index contributed by atoms with van der Waals surface area (Å²) in [6.07, 6.45) is 7.91. The second-order valence-electron chi connectivity index (χ2n) is 5.00. The monoisotopic (exact) mass is 267 g/mol. The number of nitrogens with zero attached hydrogens (tertiary/aromatic N) is 2. The number of anilines is 1. The zero-order chi connectivity index (χ0) is 13.9. The van der Waals surface area contributed by atoms with E-state index in [-0.39, 0.29) is 0 Å². The molecule has 0 aliphatic heterocycles. The van der Waals surface area contributed by atoms with Gasteiger partial charge in [-0.25, -0.2) is 4.98 Å². The standard InChI is InChI=1S/C15H29N3O/c1-4-6-9-16-15-17-14(3)13-18(15)10-8-12-19-11-7-5-2/h13H,4-12H2,1-3H3,(H,16,17). The smallest absolute Gasteiger partial charge is 0.203 e. The third-order valence-electron chi connectivity index (χ3n) is 3.04. The lowest BCUT2D eigenvalue weighted by Gasteiger charge is -2.09. The number of hydrogen-bond acceptors (Lipinski definition) is 3. The first-order valence-electron chi connectivity index (χ1n) is 7.63. The van der Waals surface area contributed by atoms with E-state index < -0.39 is 0 Å². The Morgan fingerprint density at radius 2 is 1.89 bits per heavy atom. The fourth-order valence-electron chi connectivity index (χ4n) is 1.92. The lowest BCUT2D eigenvalue weighted by molar-refractivity contribution is 0.126. The summed E-state index contributed by atoms with van der Waals surface area (Å²) in [6.45, 7) is 10.1. The second-order valence-corrected chi connectivity index (χ2v) is 5.00. The molecule has 1 N–H and O–H groups in total. The Morgan fingerprint density at radius 1 is 1.16 bits per heavy atom. The molecule has 0 atom stereocenters. The zero-order valence-electron chi connectivity index (χ0n) is 12.7. The first-order valence-corrected chi connectivity index (χ1v) is 7.63. The van der Waals surface area contributed by atoms with Gasteiger partial charge in [-0.15, -0.1) is 0 Å². The predicted molar refractivity (Wildman–Crippen MR) is 80.7 cm³/mol. The highest BCUT2D eigenvalue weighted by atomic mass is 16.5. The van der Waals surface area contributed by atoms with E-state index in [1.165, 1.54) is 19.3 Å². The van der Waals surface area contributed by atoms with Crippen LogP contribution in [0.5, 0.6) is 0 Å². The number of nitrogens with one attached hydrogen (secondary N) is 1. The largest absolute Gasteiger partial charge is 0.381 e. The molecule has 1 rings (SSSR count). The highest BCUT2D eigenvalue weighted by Gasteiger charge is 2.04. The lowest BCUT2D eigenvalue weighted by Crippen LogP contribution is -2.10. The SMILES string of the molecule is CCCCNc1nc(C)cn1CCCOCCCC. The summed E-state index contributed by atoms with van der Waals surface area (Å²) in [7, 11) is 0. The quantitative estimate of drug-likeness (QED) is 0.622. The van der Waals surface area contributed by atoms with Crippen LogP contribution in [0.25, 0.3) is 0 Å². The van der Waals surface area contributed by atoms with Crippen LogP contribution in [0, 0.1) is 6.92 Å². The Balaban J connectivity index is 2.27. The van der Waals surface area contributed by atoms with Gasteiger partial charge in [0.1, 0.15) is 0 Å². The third-order valence-corrected chi connectivity index (χ3v) is 3.04. The van der Waals surface area contributed by atoms with Crippen molar-refractivity contribution in [2.75, 3.05) is 25.1 Å². The van der Waals surface area contributed by atoms with Crippen LogP contribution in [-0.2, 0) is 11.3 Å². The topological polar surface area (TPSA) is 39.1 Å². The average molecular weight is 267 g/mol. The Labute approximate surface area is 117 Å². The Kier molecular flexibility index (Phi) is 8.30. The fraction of sp³-hybridized carbons (Fsp3) is 0.800. The van der Waals surface area contributed by atoms with Crippen LogP contribution in [0.1, 0.15) is 51.6 Å². The van der Waals surface area contributed by atoms with Crippen molar-refractivity contribution in [3.05, 3.63) is 11.9 Å². The van der Waals surface area contributed by atoms with Crippen LogP contribution in [0.2, 0.25) is 0 Å². The van der Waals surface area contributed by atoms with Crippen molar-refractivity contribution in [2.45, 2.75) is 59.4 Å². The van der Waals surface area contributed by atoms with Crippen molar-refractivity contribution in [1.82, 2.24) is 9.55 Å². The molecule has 1 aromatic heterocycles. The van der Waals surface area contributed by atoms with Crippen LogP contribution in [0.3, 0.4) is 0 Å². The van der Waals surface area contributed by atoms with Crippen LogP contribution in [0.4, 0.5) is 5.95 Å². The molecule has 4 nitrogen and oxygen atoms in total. The zero-order valence-corrected chi connectivity index (χ0v) is 12.7. The molecule has 0 aliphatic rings. The van der Waals surface area contributed by atoms with Crippen molar-refractivity contribution in [3.8, 4) is 0 Å². The van der Waals surface area contributed by atoms with Crippen LogP contribution in [-0.4, -0.2) is 29.3 Å². The normalized spacial score (nSPS) is 10.9. The van der Waals surface area contributed by atoms with Gasteiger partial charge in [0, 0.05) is 32.5 Å². The van der Waals surface area contributed by atoms with Gasteiger partial charge in [0.05, 0.1) is 5.69 Å². The molecule has 1 aromatic rings. The average Bonchev–Trinajstić information content (AvgIpc) is 2.74. The van der Waals surface area contributed by atoms with Gasteiger partial charge >= 0.3 is 0 Å². The molecule has 0 spiro atoms. The molecule has 0 saturated carbocycles. The highest BCUT2D eigenvalue weighted by Crippen LogP contribution is 2.09. The number of imidazole rings is 1. The van der Waals surface area contributed by atoms with Gasteiger partial charge in [-0.1, -0.05) is 26.7 Å². The molecule has 0 amide bonds. The molecule has 0 fully saturated rings. The maximum absolute atomic E-state index is 5.59. The Hall–Kier alpha value is -1.03. The Bertz CT molecular complexity index is 336. The molecular formula is C15H29N3O. The molecule has 110 valence electrons. The maximum Gasteiger partial charge on any atom is 0.203 e. The third kappa shape index (κ3) is 6.62. The van der Waals surface area contributed by atoms with E-state index in [4.69, 9.17) is 4.74 Å². The van der Waals surface area contributed by atoms with Crippen molar-refractivity contribution in [1.29, 1.82) is 0 Å². The van der Waals surface area contributed by atoms with E-state index in [9.17, 15) is 0 Å². The number of hydrogen-bond donors (Lipinski definition) is 1. The fourth-order valence-corrected chi connectivity index (χ4v) is 1.92. The van der Waals surface area contributed by atoms with Gasteiger partial charge in [0.15, 0.2) is 0 Å². The van der Waals surface area contributed by atoms with Gasteiger partial charge in [-0.05, 0) is 26.2 Å². The number of ether oxygens (including phenoxy) is 1. The molecule has 0 bridgehead atoms. The molecular weight excluding hydrogens is 238 g/mol. The molecule has 4 heteroatoms. The van der Waals surface area contributed by atoms with Gasteiger partial charge in [-0.3, -0.25) is 0 Å². The molecule has 0 radical (unpaired) electrons. The highest BCUT2D eigenvalue weighted by molar-refractivity contribution is 5.28. The second kappa shape index (κ2) is 9.84. The summed E-state index contributed by atoms with van der Waals surface area (Å²) in [6, 6.07) is 0. The van der Waals surface area contributed by atoms with Crippen molar-refractivity contribution in [3.63, 3.8) is 0 Å². The van der Waals surface area contributed by atoms with Crippen LogP contribution < -0.4 is 5.32 Å². The number of unbranched alkanes of at least 4 members (excludes halogenated alkanes) is 2. The minimum Gasteiger partial charge on any atom is -0.381 e. The summed E-state index contributed by atoms with van der Waals surface area (Å²) in [5, 5.41) is 3.41. The van der Waals surface area contributed by atoms with E-state index in [0.717, 1.165) is 50.8 Å².